The van der Waals surface area contributed by atoms with E-state index in [4.69, 9.17) is 0 Å². The second-order valence-electron chi connectivity index (χ2n) is 8.06. The molecule has 0 aromatic heterocycles. The van der Waals surface area contributed by atoms with E-state index in [9.17, 15) is 13.2 Å². The Morgan fingerprint density at radius 3 is 2.22 bits per heavy atom. The summed E-state index contributed by atoms with van der Waals surface area (Å²) in [7, 11) is -3.78. The summed E-state index contributed by atoms with van der Waals surface area (Å²) in [6.45, 7) is 10.8. The van der Waals surface area contributed by atoms with Gasteiger partial charge in [-0.2, -0.15) is 0 Å². The highest BCUT2D eigenvalue weighted by Gasteiger charge is 2.18. The van der Waals surface area contributed by atoms with Crippen molar-refractivity contribution in [2.75, 3.05) is 11.3 Å². The first-order valence-electron chi connectivity index (χ1n) is 9.00. The number of benzene rings is 2. The maximum Gasteiger partial charge on any atom is 0.261 e. The van der Waals surface area contributed by atoms with Crippen LogP contribution in [0.3, 0.4) is 0 Å². The Balaban J connectivity index is 2.19. The van der Waals surface area contributed by atoms with Crippen LogP contribution in [0.4, 0.5) is 5.69 Å². The maximum absolute atomic E-state index is 12.7. The van der Waals surface area contributed by atoms with Crippen molar-refractivity contribution < 1.29 is 13.2 Å². The first-order chi connectivity index (χ1) is 12.5. The lowest BCUT2D eigenvalue weighted by atomic mass is 9.87. The van der Waals surface area contributed by atoms with Crippen LogP contribution in [-0.2, 0) is 15.4 Å². The molecule has 27 heavy (non-hydrogen) atoms. The van der Waals surface area contributed by atoms with Crippen LogP contribution in [0.1, 0.15) is 50.5 Å². The number of anilines is 1. The van der Waals surface area contributed by atoms with Gasteiger partial charge in [0, 0.05) is 17.8 Å². The molecule has 0 aliphatic carbocycles. The largest absolute Gasteiger partial charge is 0.352 e. The van der Waals surface area contributed by atoms with Crippen molar-refractivity contribution in [1.29, 1.82) is 0 Å². The first kappa shape index (κ1) is 21.0. The van der Waals surface area contributed by atoms with Gasteiger partial charge in [-0.1, -0.05) is 52.8 Å². The summed E-state index contributed by atoms with van der Waals surface area (Å²) in [5.74, 6) is 0.0360. The van der Waals surface area contributed by atoms with Gasteiger partial charge in [0.25, 0.3) is 15.9 Å². The van der Waals surface area contributed by atoms with Crippen LogP contribution in [0.25, 0.3) is 0 Å². The zero-order chi connectivity index (χ0) is 20.2. The molecular weight excluding hydrogens is 360 g/mol. The fourth-order valence-electron chi connectivity index (χ4n) is 2.46. The van der Waals surface area contributed by atoms with Crippen LogP contribution in [0.2, 0.25) is 0 Å². The molecule has 5 nitrogen and oxygen atoms in total. The summed E-state index contributed by atoms with van der Waals surface area (Å²) in [6, 6.07) is 13.4. The van der Waals surface area contributed by atoms with Crippen LogP contribution < -0.4 is 10.0 Å². The lowest BCUT2D eigenvalue weighted by molar-refractivity contribution is 0.0949. The predicted octanol–water partition coefficient (Wildman–Crippen LogP) is 4.17. The third-order valence-electron chi connectivity index (χ3n) is 4.08. The number of amides is 1. The quantitative estimate of drug-likeness (QED) is 0.780. The van der Waals surface area contributed by atoms with E-state index in [0.29, 0.717) is 23.7 Å². The van der Waals surface area contributed by atoms with Crippen LogP contribution in [0, 0.1) is 5.92 Å². The molecule has 0 heterocycles. The van der Waals surface area contributed by atoms with Gasteiger partial charge in [-0.25, -0.2) is 8.42 Å². The molecule has 1 amide bonds. The summed E-state index contributed by atoms with van der Waals surface area (Å²) in [5.41, 5.74) is 1.92. The van der Waals surface area contributed by atoms with E-state index in [1.807, 2.05) is 26.0 Å². The van der Waals surface area contributed by atoms with Crippen LogP contribution in [0.15, 0.2) is 53.4 Å². The standard InChI is InChI=1S/C21H28N2O3S/c1-15(2)14-22-20(24)16-7-6-8-19(13-16)27(25,26)23-18-11-9-17(10-12-18)21(3,4)5/h6-13,15,23H,14H2,1-5H3,(H,22,24). The van der Waals surface area contributed by atoms with Crippen molar-refractivity contribution >= 4 is 21.6 Å². The smallest absolute Gasteiger partial charge is 0.261 e. The van der Waals surface area contributed by atoms with Gasteiger partial charge in [0.15, 0.2) is 0 Å². The highest BCUT2D eigenvalue weighted by molar-refractivity contribution is 7.92. The van der Waals surface area contributed by atoms with Gasteiger partial charge in [0.1, 0.15) is 0 Å². The van der Waals surface area contributed by atoms with Crippen molar-refractivity contribution in [2.24, 2.45) is 5.92 Å². The molecule has 0 spiro atoms. The normalized spacial score (nSPS) is 12.1. The average molecular weight is 389 g/mol. The minimum Gasteiger partial charge on any atom is -0.352 e. The average Bonchev–Trinajstić information content (AvgIpc) is 2.59. The Morgan fingerprint density at radius 2 is 1.67 bits per heavy atom. The van der Waals surface area contributed by atoms with E-state index in [2.05, 4.69) is 30.8 Å². The molecule has 0 atom stereocenters. The highest BCUT2D eigenvalue weighted by atomic mass is 32.2. The number of rotatable bonds is 6. The molecule has 6 heteroatoms. The van der Waals surface area contributed by atoms with Crippen LogP contribution in [0.5, 0.6) is 0 Å². The summed E-state index contributed by atoms with van der Waals surface area (Å²) < 4.78 is 27.9. The zero-order valence-electron chi connectivity index (χ0n) is 16.5. The second kappa shape index (κ2) is 8.13. The van der Waals surface area contributed by atoms with Gasteiger partial charge in [0.2, 0.25) is 0 Å². The Morgan fingerprint density at radius 1 is 1.04 bits per heavy atom. The number of sulfonamides is 1. The Bertz CT molecular complexity index is 896. The SMILES string of the molecule is CC(C)CNC(=O)c1cccc(S(=O)(=O)Nc2ccc(C(C)(C)C)cc2)c1. The summed E-state index contributed by atoms with van der Waals surface area (Å²) in [4.78, 5) is 12.2. The number of carbonyl (C=O) groups is 1. The van der Waals surface area contributed by atoms with Gasteiger partial charge in [-0.05, 0) is 47.2 Å². The highest BCUT2D eigenvalue weighted by Crippen LogP contribution is 2.24. The molecular formula is C21H28N2O3S. The molecule has 2 N–H and O–H groups in total. The Hall–Kier alpha value is -2.34. The van der Waals surface area contributed by atoms with E-state index in [-0.39, 0.29) is 16.2 Å². The topological polar surface area (TPSA) is 75.3 Å². The van der Waals surface area contributed by atoms with Gasteiger partial charge in [-0.15, -0.1) is 0 Å². The third-order valence-corrected chi connectivity index (χ3v) is 5.46. The summed E-state index contributed by atoms with van der Waals surface area (Å²) in [5, 5.41) is 2.79. The Labute approximate surface area is 162 Å². The van der Waals surface area contributed by atoms with Crippen molar-refractivity contribution in [3.63, 3.8) is 0 Å². The van der Waals surface area contributed by atoms with E-state index in [0.717, 1.165) is 5.56 Å². The van der Waals surface area contributed by atoms with Crippen molar-refractivity contribution in [3.05, 3.63) is 59.7 Å². The van der Waals surface area contributed by atoms with Gasteiger partial charge < -0.3 is 5.32 Å². The molecule has 0 saturated carbocycles. The first-order valence-corrected chi connectivity index (χ1v) is 10.5. The molecule has 146 valence electrons. The molecule has 0 radical (unpaired) electrons. The predicted molar refractivity (Wildman–Crippen MR) is 110 cm³/mol. The monoisotopic (exact) mass is 388 g/mol. The number of hydrogen-bond acceptors (Lipinski definition) is 3. The molecule has 2 aromatic carbocycles. The molecule has 2 aromatic rings. The zero-order valence-corrected chi connectivity index (χ0v) is 17.4. The molecule has 0 saturated heterocycles. The lowest BCUT2D eigenvalue weighted by Crippen LogP contribution is -2.27. The molecule has 2 rings (SSSR count). The molecule has 0 aliphatic heterocycles. The van der Waals surface area contributed by atoms with Crippen LogP contribution in [-0.4, -0.2) is 20.9 Å². The lowest BCUT2D eigenvalue weighted by Gasteiger charge is -2.19. The Kier molecular flexibility index (Phi) is 6.31. The number of nitrogens with one attached hydrogen (secondary N) is 2. The third kappa shape index (κ3) is 5.82. The maximum atomic E-state index is 12.7. The van der Waals surface area contributed by atoms with Crippen molar-refractivity contribution in [2.45, 2.75) is 44.9 Å². The van der Waals surface area contributed by atoms with E-state index in [1.54, 1.807) is 24.3 Å². The fourth-order valence-corrected chi connectivity index (χ4v) is 3.56. The van der Waals surface area contributed by atoms with Crippen molar-refractivity contribution in [1.82, 2.24) is 5.32 Å². The molecule has 0 bridgehead atoms. The van der Waals surface area contributed by atoms with Gasteiger partial charge >= 0.3 is 0 Å². The van der Waals surface area contributed by atoms with E-state index >= 15 is 0 Å². The fraction of sp³-hybridized carbons (Fsp3) is 0.381. The number of hydrogen-bond donors (Lipinski definition) is 2. The van der Waals surface area contributed by atoms with E-state index < -0.39 is 10.0 Å². The molecule has 0 aliphatic rings. The summed E-state index contributed by atoms with van der Waals surface area (Å²) in [6.07, 6.45) is 0. The van der Waals surface area contributed by atoms with Gasteiger partial charge in [-0.3, -0.25) is 9.52 Å². The van der Waals surface area contributed by atoms with Crippen molar-refractivity contribution in [3.8, 4) is 0 Å². The molecule has 0 unspecified atom stereocenters. The minimum atomic E-state index is -3.78. The van der Waals surface area contributed by atoms with E-state index in [1.165, 1.54) is 12.1 Å². The van der Waals surface area contributed by atoms with Gasteiger partial charge in [0.05, 0.1) is 4.90 Å². The number of carbonyl (C=O) groups excluding carboxylic acids is 1. The second-order valence-corrected chi connectivity index (χ2v) is 9.75. The minimum absolute atomic E-state index is 0.00488. The summed E-state index contributed by atoms with van der Waals surface area (Å²) >= 11 is 0. The van der Waals surface area contributed by atoms with Crippen LogP contribution >= 0.6 is 0 Å². The molecule has 0 fully saturated rings.